The van der Waals surface area contributed by atoms with Gasteiger partial charge in [0.1, 0.15) is 0 Å². The van der Waals surface area contributed by atoms with Crippen LogP contribution in [0.1, 0.15) is 59.6 Å². The molecular weight excluding hydrogens is 388 g/mol. The van der Waals surface area contributed by atoms with Crippen LogP contribution in [0.4, 0.5) is 0 Å². The smallest absolute Gasteiger partial charge is 0.253 e. The van der Waals surface area contributed by atoms with Crippen LogP contribution in [0.15, 0.2) is 24.3 Å². The zero-order valence-electron chi connectivity index (χ0n) is 19.6. The first-order valence-electron chi connectivity index (χ1n) is 11.4. The van der Waals surface area contributed by atoms with Crippen LogP contribution >= 0.6 is 0 Å². The first-order valence-corrected chi connectivity index (χ1v) is 11.4. The van der Waals surface area contributed by atoms with E-state index in [-0.39, 0.29) is 11.8 Å². The van der Waals surface area contributed by atoms with Crippen molar-refractivity contribution in [2.24, 2.45) is 5.92 Å². The molecule has 2 heterocycles. The fourth-order valence-corrected chi connectivity index (χ4v) is 4.57. The number of likely N-dealkylation sites (N-methyl/N-ethyl adjacent to an activating group) is 1. The van der Waals surface area contributed by atoms with E-state index in [9.17, 15) is 9.59 Å². The highest BCUT2D eigenvalue weighted by atomic mass is 16.2. The molecule has 1 aliphatic heterocycles. The Hall–Kier alpha value is -2.63. The van der Waals surface area contributed by atoms with E-state index < -0.39 is 0 Å². The fraction of sp³-hybridized carbons (Fsp3) is 0.560. The number of carbonyl (C=O) groups is 2. The second kappa shape index (κ2) is 10.1. The Bertz CT molecular complexity index is 908. The molecule has 1 fully saturated rings. The Balaban J connectivity index is 1.53. The SMILES string of the molecule is CCn1nc(C)c(CCN(C)C(=O)c2ccc(CC3CCN(C(C)=O)CC3)cc2)c1C. The Morgan fingerprint density at radius 2 is 1.77 bits per heavy atom. The van der Waals surface area contributed by atoms with Crippen LogP contribution in [0.2, 0.25) is 0 Å². The standard InChI is InChI=1S/C25H36N4O2/c1-6-29-19(3)24(18(2)26-29)13-14-27(5)25(31)23-9-7-21(8-10-23)17-22-11-15-28(16-12-22)20(4)30/h7-10,22H,6,11-17H2,1-5H3. The average molecular weight is 425 g/mol. The first kappa shape index (κ1) is 23.0. The highest BCUT2D eigenvalue weighted by Crippen LogP contribution is 2.22. The monoisotopic (exact) mass is 424 g/mol. The summed E-state index contributed by atoms with van der Waals surface area (Å²) in [6.07, 6.45) is 3.93. The van der Waals surface area contributed by atoms with Gasteiger partial charge in [-0.25, -0.2) is 0 Å². The lowest BCUT2D eigenvalue weighted by Crippen LogP contribution is -2.37. The Kier molecular flexibility index (Phi) is 7.52. The third-order valence-electron chi connectivity index (χ3n) is 6.66. The Morgan fingerprint density at radius 1 is 1.13 bits per heavy atom. The summed E-state index contributed by atoms with van der Waals surface area (Å²) >= 11 is 0. The predicted molar refractivity (Wildman–Crippen MR) is 123 cm³/mol. The van der Waals surface area contributed by atoms with Gasteiger partial charge in [-0.1, -0.05) is 12.1 Å². The summed E-state index contributed by atoms with van der Waals surface area (Å²) in [5.74, 6) is 0.838. The molecule has 168 valence electrons. The number of amides is 2. The summed E-state index contributed by atoms with van der Waals surface area (Å²) in [6.45, 7) is 11.1. The van der Waals surface area contributed by atoms with Crippen molar-refractivity contribution in [3.05, 3.63) is 52.3 Å². The number of rotatable bonds is 7. The number of piperidine rings is 1. The molecule has 0 spiro atoms. The van der Waals surface area contributed by atoms with Crippen molar-refractivity contribution < 1.29 is 9.59 Å². The second-order valence-corrected chi connectivity index (χ2v) is 8.79. The van der Waals surface area contributed by atoms with E-state index in [1.807, 2.05) is 35.7 Å². The van der Waals surface area contributed by atoms with Gasteiger partial charge >= 0.3 is 0 Å². The van der Waals surface area contributed by atoms with Gasteiger partial charge in [0.15, 0.2) is 0 Å². The number of benzene rings is 1. The molecular formula is C25H36N4O2. The molecule has 0 radical (unpaired) electrons. The zero-order valence-corrected chi connectivity index (χ0v) is 19.6. The lowest BCUT2D eigenvalue weighted by molar-refractivity contribution is -0.130. The van der Waals surface area contributed by atoms with Crippen molar-refractivity contribution in [2.45, 2.75) is 59.9 Å². The van der Waals surface area contributed by atoms with Gasteiger partial charge in [-0.05, 0) is 75.6 Å². The minimum atomic E-state index is 0.0551. The van der Waals surface area contributed by atoms with Crippen LogP contribution in [0.25, 0.3) is 0 Å². The summed E-state index contributed by atoms with van der Waals surface area (Å²) in [5, 5.41) is 4.57. The number of nitrogens with zero attached hydrogens (tertiary/aromatic N) is 4. The maximum atomic E-state index is 12.9. The van der Waals surface area contributed by atoms with Crippen LogP contribution < -0.4 is 0 Å². The highest BCUT2D eigenvalue weighted by molar-refractivity contribution is 5.94. The second-order valence-electron chi connectivity index (χ2n) is 8.79. The summed E-state index contributed by atoms with van der Waals surface area (Å²) in [5.41, 5.74) is 5.49. The predicted octanol–water partition coefficient (Wildman–Crippen LogP) is 3.64. The van der Waals surface area contributed by atoms with E-state index in [1.54, 1.807) is 11.8 Å². The molecule has 1 aliphatic rings. The number of carbonyl (C=O) groups excluding carboxylic acids is 2. The molecule has 2 aromatic rings. The van der Waals surface area contributed by atoms with Crippen LogP contribution in [0.5, 0.6) is 0 Å². The van der Waals surface area contributed by atoms with Gasteiger partial charge in [-0.15, -0.1) is 0 Å². The minimum absolute atomic E-state index is 0.0551. The van der Waals surface area contributed by atoms with Gasteiger partial charge in [0, 0.05) is 51.4 Å². The van der Waals surface area contributed by atoms with E-state index in [1.165, 1.54) is 16.8 Å². The van der Waals surface area contributed by atoms with E-state index in [4.69, 9.17) is 0 Å². The van der Waals surface area contributed by atoms with Crippen molar-refractivity contribution in [1.82, 2.24) is 19.6 Å². The molecule has 0 atom stereocenters. The number of aromatic nitrogens is 2. The van der Waals surface area contributed by atoms with Crippen molar-refractivity contribution in [3.63, 3.8) is 0 Å². The van der Waals surface area contributed by atoms with Gasteiger partial charge in [-0.3, -0.25) is 14.3 Å². The van der Waals surface area contributed by atoms with Crippen molar-refractivity contribution in [2.75, 3.05) is 26.7 Å². The summed E-state index contributed by atoms with van der Waals surface area (Å²) in [4.78, 5) is 28.1. The number of hydrogen-bond acceptors (Lipinski definition) is 3. The maximum absolute atomic E-state index is 12.9. The molecule has 0 N–H and O–H groups in total. The molecule has 1 saturated heterocycles. The van der Waals surface area contributed by atoms with E-state index in [2.05, 4.69) is 31.1 Å². The minimum Gasteiger partial charge on any atom is -0.343 e. The highest BCUT2D eigenvalue weighted by Gasteiger charge is 2.21. The number of aryl methyl sites for hydroxylation is 2. The Labute approximate surface area is 186 Å². The molecule has 0 unspecified atom stereocenters. The number of hydrogen-bond donors (Lipinski definition) is 0. The first-order chi connectivity index (χ1) is 14.8. The van der Waals surface area contributed by atoms with Gasteiger partial charge in [0.25, 0.3) is 5.91 Å². The number of likely N-dealkylation sites (tertiary alicyclic amines) is 1. The topological polar surface area (TPSA) is 58.4 Å². The van der Waals surface area contributed by atoms with Crippen molar-refractivity contribution >= 4 is 11.8 Å². The van der Waals surface area contributed by atoms with E-state index >= 15 is 0 Å². The molecule has 0 aliphatic carbocycles. The van der Waals surface area contributed by atoms with Crippen LogP contribution in [0.3, 0.4) is 0 Å². The zero-order chi connectivity index (χ0) is 22.5. The third-order valence-corrected chi connectivity index (χ3v) is 6.66. The Morgan fingerprint density at radius 3 is 2.32 bits per heavy atom. The van der Waals surface area contributed by atoms with E-state index in [0.717, 1.165) is 56.6 Å². The molecule has 0 saturated carbocycles. The summed E-state index contributed by atoms with van der Waals surface area (Å²) in [7, 11) is 1.87. The summed E-state index contributed by atoms with van der Waals surface area (Å²) in [6, 6.07) is 8.06. The fourth-order valence-electron chi connectivity index (χ4n) is 4.57. The molecule has 31 heavy (non-hydrogen) atoms. The lowest BCUT2D eigenvalue weighted by Gasteiger charge is -2.31. The molecule has 6 nitrogen and oxygen atoms in total. The quantitative estimate of drug-likeness (QED) is 0.682. The van der Waals surface area contributed by atoms with Crippen LogP contribution in [0, 0.1) is 19.8 Å². The third kappa shape index (κ3) is 5.54. The van der Waals surface area contributed by atoms with Crippen molar-refractivity contribution in [3.8, 4) is 0 Å². The normalized spacial score (nSPS) is 14.7. The lowest BCUT2D eigenvalue weighted by atomic mass is 9.90. The summed E-state index contributed by atoms with van der Waals surface area (Å²) < 4.78 is 2.02. The average Bonchev–Trinajstić information content (AvgIpc) is 3.05. The van der Waals surface area contributed by atoms with Crippen LogP contribution in [-0.4, -0.2) is 58.1 Å². The molecule has 3 rings (SSSR count). The van der Waals surface area contributed by atoms with Gasteiger partial charge in [0.2, 0.25) is 5.91 Å². The van der Waals surface area contributed by atoms with Gasteiger partial charge < -0.3 is 9.80 Å². The van der Waals surface area contributed by atoms with E-state index in [0.29, 0.717) is 12.5 Å². The molecule has 1 aromatic carbocycles. The molecule has 0 bridgehead atoms. The van der Waals surface area contributed by atoms with Crippen molar-refractivity contribution in [1.29, 1.82) is 0 Å². The molecule has 1 aromatic heterocycles. The van der Waals surface area contributed by atoms with Crippen LogP contribution in [-0.2, 0) is 24.2 Å². The molecule has 2 amide bonds. The largest absolute Gasteiger partial charge is 0.343 e. The van der Waals surface area contributed by atoms with Gasteiger partial charge in [0.05, 0.1) is 5.69 Å². The van der Waals surface area contributed by atoms with Gasteiger partial charge in [-0.2, -0.15) is 5.10 Å². The maximum Gasteiger partial charge on any atom is 0.253 e. The molecule has 6 heteroatoms.